The molecule has 7 nitrogen and oxygen atoms in total. The van der Waals surface area contributed by atoms with E-state index in [1.165, 1.54) is 6.26 Å². The SMILES string of the molecule is Cn1cc(-n2ncc3cc(Cl)c(C4CCN(CCS(C)(=O)=O)CC4)cc32)cn1. The van der Waals surface area contributed by atoms with Crippen LogP contribution in [0.25, 0.3) is 16.6 Å². The van der Waals surface area contributed by atoms with Crippen LogP contribution in [0.15, 0.2) is 30.7 Å². The highest BCUT2D eigenvalue weighted by Gasteiger charge is 2.24. The Balaban J connectivity index is 1.55. The number of likely N-dealkylation sites (tertiary alicyclic amines) is 1. The second-order valence-electron chi connectivity index (χ2n) is 7.61. The van der Waals surface area contributed by atoms with Gasteiger partial charge >= 0.3 is 0 Å². The zero-order valence-corrected chi connectivity index (χ0v) is 17.6. The van der Waals surface area contributed by atoms with Crippen molar-refractivity contribution in [1.29, 1.82) is 0 Å². The third-order valence-electron chi connectivity index (χ3n) is 5.43. The molecule has 3 heterocycles. The third kappa shape index (κ3) is 4.09. The summed E-state index contributed by atoms with van der Waals surface area (Å²) < 4.78 is 26.4. The summed E-state index contributed by atoms with van der Waals surface area (Å²) in [4.78, 5) is 2.23. The van der Waals surface area contributed by atoms with Gasteiger partial charge in [0.1, 0.15) is 15.5 Å². The summed E-state index contributed by atoms with van der Waals surface area (Å²) in [6.07, 6.45) is 8.78. The Morgan fingerprint density at radius 3 is 2.57 bits per heavy atom. The number of rotatable bonds is 5. The lowest BCUT2D eigenvalue weighted by Crippen LogP contribution is -2.36. The van der Waals surface area contributed by atoms with Crippen molar-refractivity contribution in [3.8, 4) is 5.69 Å². The Bertz CT molecular complexity index is 1100. The molecule has 1 fully saturated rings. The molecule has 1 aliphatic heterocycles. The molecule has 0 radical (unpaired) electrons. The van der Waals surface area contributed by atoms with Crippen LogP contribution in [0, 0.1) is 0 Å². The highest BCUT2D eigenvalue weighted by Crippen LogP contribution is 2.36. The van der Waals surface area contributed by atoms with Gasteiger partial charge in [-0.05, 0) is 49.5 Å². The predicted molar refractivity (Wildman–Crippen MR) is 111 cm³/mol. The standard InChI is InChI=1S/C19H24ClN5O2S/c1-23-13-16(12-21-23)25-19-10-17(18(20)9-15(19)11-22-25)14-3-5-24(6-4-14)7-8-28(2,26)27/h9-14H,3-8H2,1-2H3. The number of fused-ring (bicyclic) bond motifs is 1. The summed E-state index contributed by atoms with van der Waals surface area (Å²) >= 11 is 6.61. The first-order valence-electron chi connectivity index (χ1n) is 9.36. The second-order valence-corrected chi connectivity index (χ2v) is 10.3. The number of benzene rings is 1. The molecule has 0 bridgehead atoms. The first kappa shape index (κ1) is 19.4. The lowest BCUT2D eigenvalue weighted by molar-refractivity contribution is 0.223. The highest BCUT2D eigenvalue weighted by molar-refractivity contribution is 7.90. The van der Waals surface area contributed by atoms with E-state index in [9.17, 15) is 8.42 Å². The van der Waals surface area contributed by atoms with Crippen LogP contribution in [-0.4, -0.2) is 64.5 Å². The fraction of sp³-hybridized carbons (Fsp3) is 0.474. The van der Waals surface area contributed by atoms with Gasteiger partial charge in [-0.1, -0.05) is 11.6 Å². The van der Waals surface area contributed by atoms with Gasteiger partial charge in [-0.3, -0.25) is 4.68 Å². The van der Waals surface area contributed by atoms with E-state index in [-0.39, 0.29) is 5.75 Å². The largest absolute Gasteiger partial charge is 0.302 e. The fourth-order valence-corrected chi connectivity index (χ4v) is 4.78. The monoisotopic (exact) mass is 421 g/mol. The molecule has 9 heteroatoms. The topological polar surface area (TPSA) is 73.0 Å². The van der Waals surface area contributed by atoms with E-state index in [4.69, 9.17) is 11.6 Å². The van der Waals surface area contributed by atoms with Crippen LogP contribution in [0.5, 0.6) is 0 Å². The minimum atomic E-state index is -2.92. The lowest BCUT2D eigenvalue weighted by Gasteiger charge is -2.32. The summed E-state index contributed by atoms with van der Waals surface area (Å²) in [5.41, 5.74) is 3.08. The molecule has 3 aromatic rings. The van der Waals surface area contributed by atoms with Gasteiger partial charge in [0.05, 0.1) is 29.9 Å². The van der Waals surface area contributed by atoms with Crippen molar-refractivity contribution in [1.82, 2.24) is 24.5 Å². The quantitative estimate of drug-likeness (QED) is 0.633. The Hall–Kier alpha value is -1.90. The van der Waals surface area contributed by atoms with Gasteiger partial charge in [0.25, 0.3) is 0 Å². The van der Waals surface area contributed by atoms with Crippen LogP contribution in [0.1, 0.15) is 24.3 Å². The molecule has 0 unspecified atom stereocenters. The molecular weight excluding hydrogens is 398 g/mol. The highest BCUT2D eigenvalue weighted by atomic mass is 35.5. The molecule has 1 saturated heterocycles. The van der Waals surface area contributed by atoms with Crippen LogP contribution < -0.4 is 0 Å². The molecule has 0 spiro atoms. The van der Waals surface area contributed by atoms with E-state index < -0.39 is 9.84 Å². The first-order chi connectivity index (χ1) is 13.3. The number of halogens is 1. The maximum Gasteiger partial charge on any atom is 0.148 e. The number of hydrogen-bond acceptors (Lipinski definition) is 5. The van der Waals surface area contributed by atoms with E-state index in [1.54, 1.807) is 10.9 Å². The van der Waals surface area contributed by atoms with E-state index in [0.717, 1.165) is 53.1 Å². The van der Waals surface area contributed by atoms with Crippen molar-refractivity contribution in [2.75, 3.05) is 31.6 Å². The minimum Gasteiger partial charge on any atom is -0.302 e. The molecule has 150 valence electrons. The average Bonchev–Trinajstić information content (AvgIpc) is 3.24. The summed E-state index contributed by atoms with van der Waals surface area (Å²) in [6.45, 7) is 2.37. The maximum atomic E-state index is 11.4. The van der Waals surface area contributed by atoms with E-state index in [2.05, 4.69) is 21.2 Å². The van der Waals surface area contributed by atoms with Crippen molar-refractivity contribution < 1.29 is 8.42 Å². The second kappa shape index (κ2) is 7.50. The van der Waals surface area contributed by atoms with Gasteiger partial charge < -0.3 is 4.90 Å². The van der Waals surface area contributed by atoms with Crippen LogP contribution in [0.4, 0.5) is 0 Å². The predicted octanol–water partition coefficient (Wildman–Crippen LogP) is 2.64. The first-order valence-corrected chi connectivity index (χ1v) is 11.8. The number of hydrogen-bond donors (Lipinski definition) is 0. The molecular formula is C19H24ClN5O2S. The van der Waals surface area contributed by atoms with Gasteiger partial charge in [0.15, 0.2) is 0 Å². The Kier molecular flexibility index (Phi) is 5.20. The van der Waals surface area contributed by atoms with Gasteiger partial charge in [0.2, 0.25) is 0 Å². The zero-order valence-electron chi connectivity index (χ0n) is 16.0. The molecule has 28 heavy (non-hydrogen) atoms. The van der Waals surface area contributed by atoms with E-state index in [0.29, 0.717) is 12.5 Å². The molecule has 0 N–H and O–H groups in total. The Morgan fingerprint density at radius 2 is 1.93 bits per heavy atom. The Labute approximate surface area is 169 Å². The van der Waals surface area contributed by atoms with Crippen molar-refractivity contribution in [3.05, 3.63) is 41.3 Å². The van der Waals surface area contributed by atoms with Crippen molar-refractivity contribution >= 4 is 32.3 Å². The van der Waals surface area contributed by atoms with Crippen molar-refractivity contribution in [2.45, 2.75) is 18.8 Å². The number of sulfone groups is 1. The van der Waals surface area contributed by atoms with Crippen LogP contribution in [0.2, 0.25) is 5.02 Å². The van der Waals surface area contributed by atoms with Gasteiger partial charge in [-0.2, -0.15) is 10.2 Å². The molecule has 2 aromatic heterocycles. The molecule has 0 amide bonds. The van der Waals surface area contributed by atoms with Gasteiger partial charge in [0, 0.05) is 30.3 Å². The summed E-state index contributed by atoms with van der Waals surface area (Å²) in [7, 11) is -1.04. The zero-order chi connectivity index (χ0) is 19.9. The summed E-state index contributed by atoms with van der Waals surface area (Å²) in [6, 6.07) is 4.14. The van der Waals surface area contributed by atoms with E-state index >= 15 is 0 Å². The number of aryl methyl sites for hydroxylation is 1. The van der Waals surface area contributed by atoms with Crippen molar-refractivity contribution in [2.24, 2.45) is 7.05 Å². The Morgan fingerprint density at radius 1 is 1.18 bits per heavy atom. The molecule has 0 saturated carbocycles. The van der Waals surface area contributed by atoms with E-state index in [1.807, 2.05) is 30.2 Å². The lowest BCUT2D eigenvalue weighted by atomic mass is 9.89. The summed E-state index contributed by atoms with van der Waals surface area (Å²) in [5.74, 6) is 0.581. The van der Waals surface area contributed by atoms with Gasteiger partial charge in [-0.25, -0.2) is 13.1 Å². The number of nitrogens with zero attached hydrogens (tertiary/aromatic N) is 5. The van der Waals surface area contributed by atoms with Gasteiger partial charge in [-0.15, -0.1) is 0 Å². The minimum absolute atomic E-state index is 0.217. The molecule has 0 atom stereocenters. The number of piperidine rings is 1. The maximum absolute atomic E-state index is 11.4. The average molecular weight is 422 g/mol. The van der Waals surface area contributed by atoms with Crippen LogP contribution >= 0.6 is 11.6 Å². The molecule has 1 aliphatic rings. The van der Waals surface area contributed by atoms with Crippen LogP contribution in [-0.2, 0) is 16.9 Å². The van der Waals surface area contributed by atoms with Crippen molar-refractivity contribution in [3.63, 3.8) is 0 Å². The summed E-state index contributed by atoms with van der Waals surface area (Å²) in [5, 5.41) is 10.5. The fourth-order valence-electron chi connectivity index (χ4n) is 3.86. The third-order valence-corrected chi connectivity index (χ3v) is 6.68. The molecule has 1 aromatic carbocycles. The van der Waals surface area contributed by atoms with Crippen LogP contribution in [0.3, 0.4) is 0 Å². The molecule has 4 rings (SSSR count). The number of aromatic nitrogens is 4. The molecule has 0 aliphatic carbocycles. The normalized spacial score (nSPS) is 16.8. The smallest absolute Gasteiger partial charge is 0.148 e.